The van der Waals surface area contributed by atoms with Gasteiger partial charge in [-0.3, -0.25) is 4.79 Å². The van der Waals surface area contributed by atoms with Crippen LogP contribution in [0, 0.1) is 5.92 Å². The molecular formula is C24H27N3O2. The number of aromatic nitrogens is 1. The highest BCUT2D eigenvalue weighted by atomic mass is 16.3. The van der Waals surface area contributed by atoms with E-state index in [-0.39, 0.29) is 5.91 Å². The van der Waals surface area contributed by atoms with E-state index >= 15 is 0 Å². The maximum atomic E-state index is 11.7. The van der Waals surface area contributed by atoms with E-state index in [0.717, 1.165) is 34.1 Å². The first-order valence-corrected chi connectivity index (χ1v) is 10.6. The molecule has 0 unspecified atom stereocenters. The predicted octanol–water partition coefficient (Wildman–Crippen LogP) is 4.63. The van der Waals surface area contributed by atoms with E-state index in [4.69, 9.17) is 0 Å². The van der Waals surface area contributed by atoms with Crippen LogP contribution >= 0.6 is 0 Å². The Balaban J connectivity index is 1.49. The van der Waals surface area contributed by atoms with Crippen molar-refractivity contribution in [1.82, 2.24) is 9.47 Å². The normalized spacial score (nSPS) is 23.4. The van der Waals surface area contributed by atoms with Crippen molar-refractivity contribution in [2.45, 2.75) is 32.2 Å². The van der Waals surface area contributed by atoms with Crippen LogP contribution in [-0.2, 0) is 4.79 Å². The molecule has 5 heteroatoms. The summed E-state index contributed by atoms with van der Waals surface area (Å²) in [5.41, 5.74) is 2.85. The third-order valence-corrected chi connectivity index (χ3v) is 6.60. The van der Waals surface area contributed by atoms with E-state index < -0.39 is 0 Å². The zero-order valence-electron chi connectivity index (χ0n) is 16.8. The van der Waals surface area contributed by atoms with Gasteiger partial charge in [0.1, 0.15) is 0 Å². The number of hydrogen-bond acceptors (Lipinski definition) is 3. The number of carbonyl (C=O) groups is 1. The number of anilines is 1. The molecule has 0 spiro atoms. The fourth-order valence-corrected chi connectivity index (χ4v) is 4.92. The zero-order chi connectivity index (χ0) is 20.0. The fraction of sp³-hybridized carbons (Fsp3) is 0.375. The summed E-state index contributed by atoms with van der Waals surface area (Å²) in [6, 6.07) is 14.5. The van der Waals surface area contributed by atoms with Gasteiger partial charge in [-0.25, -0.2) is 0 Å². The molecule has 3 fully saturated rings. The van der Waals surface area contributed by atoms with Gasteiger partial charge in [0.2, 0.25) is 5.91 Å². The van der Waals surface area contributed by atoms with Gasteiger partial charge in [0, 0.05) is 35.6 Å². The van der Waals surface area contributed by atoms with Crippen LogP contribution in [0.25, 0.3) is 21.9 Å². The van der Waals surface area contributed by atoms with E-state index in [9.17, 15) is 9.90 Å². The quantitative estimate of drug-likeness (QED) is 0.684. The maximum absolute atomic E-state index is 11.7. The van der Waals surface area contributed by atoms with Crippen molar-refractivity contribution in [1.29, 1.82) is 0 Å². The van der Waals surface area contributed by atoms with Crippen LogP contribution in [0.5, 0.6) is 5.88 Å². The molecule has 3 aliphatic heterocycles. The first-order chi connectivity index (χ1) is 14.1. The van der Waals surface area contributed by atoms with Crippen LogP contribution in [0.3, 0.4) is 0 Å². The molecule has 4 heterocycles. The molecule has 3 aromatic rings. The summed E-state index contributed by atoms with van der Waals surface area (Å²) in [4.78, 5) is 14.2. The standard InChI is InChI=1S/C24H27N3O2/c1-2-23(28)25-20-5-3-4-17(12-20)18-6-7-19-14-27(24(29)21(19)13-18)22-15-26-10-8-16(22)9-11-26/h3-7,12-14,16,22,29H,2,8-11,15H2,1H3,(H,25,28)/t22-/m0/s1. The topological polar surface area (TPSA) is 57.5 Å². The van der Waals surface area contributed by atoms with Crippen molar-refractivity contribution in [3.05, 3.63) is 48.7 Å². The fourth-order valence-electron chi connectivity index (χ4n) is 4.92. The van der Waals surface area contributed by atoms with Crippen LogP contribution in [0.15, 0.2) is 48.7 Å². The number of amides is 1. The van der Waals surface area contributed by atoms with Crippen LogP contribution in [-0.4, -0.2) is 40.1 Å². The lowest BCUT2D eigenvalue weighted by atomic mass is 9.84. The number of fused-ring (bicyclic) bond motifs is 4. The highest BCUT2D eigenvalue weighted by Gasteiger charge is 2.36. The van der Waals surface area contributed by atoms with Crippen molar-refractivity contribution in [3.8, 4) is 17.0 Å². The minimum Gasteiger partial charge on any atom is -0.494 e. The second-order valence-corrected chi connectivity index (χ2v) is 8.35. The zero-order valence-corrected chi connectivity index (χ0v) is 16.8. The van der Waals surface area contributed by atoms with Crippen molar-refractivity contribution in [3.63, 3.8) is 0 Å². The molecule has 2 N–H and O–H groups in total. The summed E-state index contributed by atoms with van der Waals surface area (Å²) in [6.07, 6.45) is 5.01. The van der Waals surface area contributed by atoms with Crippen molar-refractivity contribution in [2.75, 3.05) is 25.0 Å². The lowest BCUT2D eigenvalue weighted by Gasteiger charge is -2.45. The summed E-state index contributed by atoms with van der Waals surface area (Å²) in [6.45, 7) is 5.26. The summed E-state index contributed by atoms with van der Waals surface area (Å²) >= 11 is 0. The van der Waals surface area contributed by atoms with Crippen LogP contribution in [0.1, 0.15) is 32.2 Å². The average Bonchev–Trinajstić information content (AvgIpc) is 3.10. The molecule has 3 saturated heterocycles. The van der Waals surface area contributed by atoms with Gasteiger partial charge in [0.05, 0.1) is 6.04 Å². The van der Waals surface area contributed by atoms with Gasteiger partial charge in [-0.1, -0.05) is 31.2 Å². The minimum absolute atomic E-state index is 0.00448. The minimum atomic E-state index is 0.00448. The van der Waals surface area contributed by atoms with E-state index in [1.807, 2.05) is 31.2 Å². The van der Waals surface area contributed by atoms with E-state index in [2.05, 4.69) is 39.2 Å². The van der Waals surface area contributed by atoms with E-state index in [0.29, 0.717) is 24.3 Å². The molecule has 29 heavy (non-hydrogen) atoms. The first kappa shape index (κ1) is 18.3. The van der Waals surface area contributed by atoms with Crippen LogP contribution < -0.4 is 5.32 Å². The second kappa shape index (κ2) is 7.23. The number of nitrogens with one attached hydrogen (secondary N) is 1. The Kier molecular flexibility index (Phi) is 4.55. The number of aromatic hydroxyl groups is 1. The molecule has 0 saturated carbocycles. The third kappa shape index (κ3) is 3.29. The SMILES string of the molecule is CCC(=O)Nc1cccc(-c2ccc3cn([C@H]4CN5CCC4CC5)c(O)c3c2)c1. The van der Waals surface area contributed by atoms with Gasteiger partial charge in [-0.2, -0.15) is 0 Å². The molecule has 6 rings (SSSR count). The van der Waals surface area contributed by atoms with Crippen LogP contribution in [0.4, 0.5) is 5.69 Å². The van der Waals surface area contributed by atoms with Gasteiger partial charge < -0.3 is 19.9 Å². The highest BCUT2D eigenvalue weighted by Crippen LogP contribution is 2.41. The molecule has 150 valence electrons. The largest absolute Gasteiger partial charge is 0.494 e. The van der Waals surface area contributed by atoms with Gasteiger partial charge in [0.25, 0.3) is 0 Å². The molecular weight excluding hydrogens is 362 g/mol. The molecule has 1 aromatic heterocycles. The summed E-state index contributed by atoms with van der Waals surface area (Å²) < 4.78 is 2.10. The Bertz CT molecular complexity index is 1060. The number of benzene rings is 2. The molecule has 1 amide bonds. The van der Waals surface area contributed by atoms with Gasteiger partial charge >= 0.3 is 0 Å². The van der Waals surface area contributed by atoms with Gasteiger partial charge in [0.15, 0.2) is 5.88 Å². The smallest absolute Gasteiger partial charge is 0.224 e. The monoisotopic (exact) mass is 389 g/mol. The van der Waals surface area contributed by atoms with Gasteiger partial charge in [-0.15, -0.1) is 0 Å². The molecule has 3 aliphatic rings. The van der Waals surface area contributed by atoms with Crippen molar-refractivity contribution in [2.24, 2.45) is 5.92 Å². The average molecular weight is 389 g/mol. The van der Waals surface area contributed by atoms with Gasteiger partial charge in [-0.05, 0) is 61.2 Å². The lowest BCUT2D eigenvalue weighted by molar-refractivity contribution is -0.115. The predicted molar refractivity (Wildman–Crippen MR) is 116 cm³/mol. The van der Waals surface area contributed by atoms with Crippen molar-refractivity contribution < 1.29 is 9.90 Å². The second-order valence-electron chi connectivity index (χ2n) is 8.35. The number of nitrogens with zero attached hydrogens (tertiary/aromatic N) is 2. The summed E-state index contributed by atoms with van der Waals surface area (Å²) in [7, 11) is 0. The number of piperidine rings is 3. The molecule has 0 radical (unpaired) electrons. The molecule has 2 aromatic carbocycles. The third-order valence-electron chi connectivity index (χ3n) is 6.60. The lowest BCUT2D eigenvalue weighted by Crippen LogP contribution is -2.47. The molecule has 2 bridgehead atoms. The number of hydrogen-bond donors (Lipinski definition) is 2. The molecule has 1 atom stereocenters. The van der Waals surface area contributed by atoms with E-state index in [1.54, 1.807) is 0 Å². The number of rotatable bonds is 4. The Morgan fingerprint density at radius 3 is 2.66 bits per heavy atom. The van der Waals surface area contributed by atoms with E-state index in [1.165, 1.54) is 25.9 Å². The van der Waals surface area contributed by atoms with Crippen molar-refractivity contribution >= 4 is 22.4 Å². The Labute approximate surface area is 170 Å². The molecule has 5 nitrogen and oxygen atoms in total. The Hall–Kier alpha value is -2.79. The van der Waals surface area contributed by atoms with Crippen LogP contribution in [0.2, 0.25) is 0 Å². The number of carbonyl (C=O) groups excluding carboxylic acids is 1. The molecule has 0 aliphatic carbocycles. The Morgan fingerprint density at radius 2 is 1.93 bits per heavy atom. The highest BCUT2D eigenvalue weighted by molar-refractivity contribution is 5.93. The Morgan fingerprint density at radius 1 is 1.14 bits per heavy atom. The summed E-state index contributed by atoms with van der Waals surface area (Å²) in [5.74, 6) is 1.03. The maximum Gasteiger partial charge on any atom is 0.224 e. The summed E-state index contributed by atoms with van der Waals surface area (Å²) in [5, 5.41) is 15.9. The first-order valence-electron chi connectivity index (χ1n) is 10.6.